The second kappa shape index (κ2) is 13.5. The number of rotatable bonds is 14. The van der Waals surface area contributed by atoms with Gasteiger partial charge in [0.1, 0.15) is 24.2 Å². The molecule has 5 amide bonds. The maximum Gasteiger partial charge on any atom is 0.326 e. The van der Waals surface area contributed by atoms with Crippen molar-refractivity contribution >= 4 is 35.5 Å². The molecule has 0 aliphatic heterocycles. The zero-order valence-corrected chi connectivity index (χ0v) is 18.1. The second-order valence-corrected chi connectivity index (χ2v) is 7.34. The van der Waals surface area contributed by atoms with E-state index in [1.807, 2.05) is 5.32 Å². The highest BCUT2D eigenvalue weighted by atomic mass is 16.4. The normalized spacial score (nSPS) is 14.1. The lowest BCUT2D eigenvalue weighted by atomic mass is 10.0. The number of carboxylic acids is 1. The number of amides is 5. The van der Waals surface area contributed by atoms with Gasteiger partial charge in [-0.05, 0) is 5.56 Å². The molecule has 0 radical (unpaired) electrons. The van der Waals surface area contributed by atoms with E-state index in [2.05, 4.69) is 10.6 Å². The van der Waals surface area contributed by atoms with Crippen LogP contribution in [0.5, 0.6) is 0 Å². The lowest BCUT2D eigenvalue weighted by molar-refractivity contribution is -0.144. The van der Waals surface area contributed by atoms with Gasteiger partial charge in [0.2, 0.25) is 29.5 Å². The van der Waals surface area contributed by atoms with Crippen LogP contribution in [0.1, 0.15) is 18.4 Å². The smallest absolute Gasteiger partial charge is 0.326 e. The SMILES string of the molecule is NC(=O)CC(NC(=O)C(CC(N)=O)NC(=O)C(Cc1ccccc1)NC(=O)C(N)CO)C(=O)O. The molecule has 0 fully saturated rings. The first-order valence-electron chi connectivity index (χ1n) is 10.1. The van der Waals surface area contributed by atoms with Crippen LogP contribution in [0.25, 0.3) is 0 Å². The van der Waals surface area contributed by atoms with E-state index < -0.39 is 79.1 Å². The third-order valence-corrected chi connectivity index (χ3v) is 4.51. The molecule has 0 heterocycles. The van der Waals surface area contributed by atoms with Crippen LogP contribution >= 0.6 is 0 Å². The Labute approximate surface area is 194 Å². The average molecular weight is 480 g/mol. The van der Waals surface area contributed by atoms with E-state index >= 15 is 0 Å². The minimum Gasteiger partial charge on any atom is -0.480 e. The van der Waals surface area contributed by atoms with Crippen molar-refractivity contribution in [3.63, 3.8) is 0 Å². The largest absolute Gasteiger partial charge is 0.480 e. The summed E-state index contributed by atoms with van der Waals surface area (Å²) in [6.07, 6.45) is -1.48. The minimum atomic E-state index is -1.71. The van der Waals surface area contributed by atoms with Gasteiger partial charge in [-0.25, -0.2) is 4.79 Å². The van der Waals surface area contributed by atoms with Crippen molar-refractivity contribution in [1.82, 2.24) is 16.0 Å². The third kappa shape index (κ3) is 9.62. The first-order valence-corrected chi connectivity index (χ1v) is 10.1. The highest BCUT2D eigenvalue weighted by molar-refractivity contribution is 5.96. The predicted molar refractivity (Wildman–Crippen MR) is 116 cm³/mol. The molecule has 1 aromatic carbocycles. The zero-order valence-electron chi connectivity index (χ0n) is 18.1. The van der Waals surface area contributed by atoms with Gasteiger partial charge in [-0.15, -0.1) is 0 Å². The molecule has 1 aromatic rings. The molecule has 0 aliphatic carbocycles. The number of carbonyl (C=O) groups excluding carboxylic acids is 5. The molecule has 186 valence electrons. The van der Waals surface area contributed by atoms with Crippen molar-refractivity contribution in [1.29, 1.82) is 0 Å². The van der Waals surface area contributed by atoms with E-state index in [0.717, 1.165) is 0 Å². The Morgan fingerprint density at radius 3 is 1.74 bits per heavy atom. The van der Waals surface area contributed by atoms with Crippen LogP contribution in [0.4, 0.5) is 0 Å². The standard InChI is InChI=1S/C20H28N6O8/c21-11(9-27)17(30)24-12(6-10-4-2-1-3-5-10)18(31)25-13(7-15(22)28)19(32)26-14(20(33)34)8-16(23)29/h1-5,11-14,27H,6-9,21H2,(H2,22,28)(H2,23,29)(H,24,30)(H,25,31)(H,26,32)(H,33,34). The van der Waals surface area contributed by atoms with Crippen LogP contribution in [0.2, 0.25) is 0 Å². The molecule has 11 N–H and O–H groups in total. The third-order valence-electron chi connectivity index (χ3n) is 4.51. The Morgan fingerprint density at radius 2 is 1.24 bits per heavy atom. The Hall–Kier alpha value is -4.04. The van der Waals surface area contributed by atoms with Gasteiger partial charge in [0.05, 0.1) is 19.4 Å². The van der Waals surface area contributed by atoms with E-state index in [1.54, 1.807) is 30.3 Å². The van der Waals surface area contributed by atoms with Gasteiger partial charge in [-0.2, -0.15) is 0 Å². The minimum absolute atomic E-state index is 0.0408. The highest BCUT2D eigenvalue weighted by Gasteiger charge is 2.31. The lowest BCUT2D eigenvalue weighted by Gasteiger charge is -2.24. The Morgan fingerprint density at radius 1 is 0.765 bits per heavy atom. The summed E-state index contributed by atoms with van der Waals surface area (Å²) in [5, 5.41) is 24.9. The molecule has 4 atom stereocenters. The average Bonchev–Trinajstić information content (AvgIpc) is 2.76. The van der Waals surface area contributed by atoms with Crippen molar-refractivity contribution in [3.05, 3.63) is 35.9 Å². The van der Waals surface area contributed by atoms with Gasteiger partial charge in [-0.3, -0.25) is 24.0 Å². The summed E-state index contributed by atoms with van der Waals surface area (Å²) in [4.78, 5) is 71.5. The number of hydrogen-bond acceptors (Lipinski definition) is 8. The van der Waals surface area contributed by atoms with Crippen LogP contribution in [-0.4, -0.2) is 76.5 Å². The Bertz CT molecular complexity index is 910. The Balaban J connectivity index is 3.09. The van der Waals surface area contributed by atoms with E-state index in [0.29, 0.717) is 5.56 Å². The number of nitrogens with two attached hydrogens (primary N) is 3. The number of hydrogen-bond donors (Lipinski definition) is 8. The molecule has 0 bridgehead atoms. The Kier molecular flexibility index (Phi) is 11.1. The van der Waals surface area contributed by atoms with E-state index in [4.69, 9.17) is 27.4 Å². The molecule has 34 heavy (non-hydrogen) atoms. The van der Waals surface area contributed by atoms with Crippen molar-refractivity contribution in [2.45, 2.75) is 43.4 Å². The van der Waals surface area contributed by atoms with E-state index in [9.17, 15) is 28.8 Å². The molecule has 0 aliphatic rings. The van der Waals surface area contributed by atoms with Gasteiger partial charge in [-0.1, -0.05) is 30.3 Å². The first-order chi connectivity index (χ1) is 15.9. The number of aliphatic hydroxyl groups is 1. The molecule has 4 unspecified atom stereocenters. The molecular weight excluding hydrogens is 452 g/mol. The van der Waals surface area contributed by atoms with Crippen LogP contribution in [0.3, 0.4) is 0 Å². The summed E-state index contributed by atoms with van der Waals surface area (Å²) in [6, 6.07) is 2.54. The van der Waals surface area contributed by atoms with Crippen molar-refractivity contribution < 1.29 is 39.0 Å². The summed E-state index contributed by atoms with van der Waals surface area (Å²) in [5.74, 6) is -6.43. The lowest BCUT2D eigenvalue weighted by Crippen LogP contribution is -2.58. The fraction of sp³-hybridized carbons (Fsp3) is 0.400. The van der Waals surface area contributed by atoms with Gasteiger partial charge in [0, 0.05) is 6.42 Å². The molecule has 0 aromatic heterocycles. The van der Waals surface area contributed by atoms with Gasteiger partial charge in [0.25, 0.3) is 0 Å². The van der Waals surface area contributed by atoms with Crippen LogP contribution in [0.15, 0.2) is 30.3 Å². The fourth-order valence-corrected chi connectivity index (χ4v) is 2.78. The van der Waals surface area contributed by atoms with Gasteiger partial charge in [0.15, 0.2) is 0 Å². The summed E-state index contributed by atoms with van der Waals surface area (Å²) in [7, 11) is 0. The maximum atomic E-state index is 12.9. The summed E-state index contributed by atoms with van der Waals surface area (Å²) in [6.45, 7) is -0.686. The fourth-order valence-electron chi connectivity index (χ4n) is 2.78. The number of aliphatic hydroxyl groups excluding tert-OH is 1. The van der Waals surface area contributed by atoms with Gasteiger partial charge < -0.3 is 43.4 Å². The number of aliphatic carboxylic acids is 1. The van der Waals surface area contributed by atoms with Crippen molar-refractivity contribution in [2.75, 3.05) is 6.61 Å². The molecular formula is C20H28N6O8. The van der Waals surface area contributed by atoms with E-state index in [1.165, 1.54) is 0 Å². The molecule has 0 saturated heterocycles. The molecule has 0 spiro atoms. The molecule has 0 saturated carbocycles. The topological polar surface area (TPSA) is 257 Å². The number of primary amides is 2. The van der Waals surface area contributed by atoms with Gasteiger partial charge >= 0.3 is 5.97 Å². The van der Waals surface area contributed by atoms with Crippen LogP contribution in [0, 0.1) is 0 Å². The summed E-state index contributed by atoms with van der Waals surface area (Å²) < 4.78 is 0. The number of carbonyl (C=O) groups is 6. The van der Waals surface area contributed by atoms with Crippen molar-refractivity contribution in [2.24, 2.45) is 17.2 Å². The zero-order chi connectivity index (χ0) is 25.8. The second-order valence-electron chi connectivity index (χ2n) is 7.34. The summed E-state index contributed by atoms with van der Waals surface area (Å²) >= 11 is 0. The summed E-state index contributed by atoms with van der Waals surface area (Å²) in [5.41, 5.74) is 16.2. The maximum absolute atomic E-state index is 12.9. The monoisotopic (exact) mass is 480 g/mol. The van der Waals surface area contributed by atoms with Crippen LogP contribution in [-0.2, 0) is 35.2 Å². The molecule has 14 nitrogen and oxygen atoms in total. The number of nitrogens with one attached hydrogen (secondary N) is 3. The first kappa shape index (κ1) is 28.0. The van der Waals surface area contributed by atoms with E-state index in [-0.39, 0.29) is 6.42 Å². The molecule has 14 heteroatoms. The highest BCUT2D eigenvalue weighted by Crippen LogP contribution is 2.06. The number of carboxylic acid groups (broad SMARTS) is 1. The van der Waals surface area contributed by atoms with Crippen LogP contribution < -0.4 is 33.2 Å². The molecule has 1 rings (SSSR count). The number of benzene rings is 1. The quantitative estimate of drug-likeness (QED) is 0.128. The van der Waals surface area contributed by atoms with Crippen molar-refractivity contribution in [3.8, 4) is 0 Å². The predicted octanol–water partition coefficient (Wildman–Crippen LogP) is -4.16.